The maximum atomic E-state index is 14.3. The van der Waals surface area contributed by atoms with Crippen LogP contribution in [0, 0.1) is 52.8 Å². The molecular weight excluding hydrogens is 1340 g/mol. The summed E-state index contributed by atoms with van der Waals surface area (Å²) in [5, 5.41) is 21.7. The molecule has 0 aliphatic heterocycles. The summed E-state index contributed by atoms with van der Waals surface area (Å²) in [7, 11) is 6.07. The highest BCUT2D eigenvalue weighted by Gasteiger charge is 2.52. The van der Waals surface area contributed by atoms with Crippen molar-refractivity contribution in [3.8, 4) is 23.0 Å². The Balaban J connectivity index is 1.25. The van der Waals surface area contributed by atoms with Gasteiger partial charge in [-0.25, -0.2) is 0 Å². The minimum Gasteiger partial charge on any atom is -0.496 e. The fourth-order valence-electron chi connectivity index (χ4n) is 11.8. The Morgan fingerprint density at radius 1 is 0.438 bits per heavy atom. The number of hydrogen-bond donors (Lipinski definition) is 8. The third-order valence-electron chi connectivity index (χ3n) is 17.5. The van der Waals surface area contributed by atoms with Crippen molar-refractivity contribution in [3.05, 3.63) is 236 Å². The number of methoxy groups -OCH3 is 4. The van der Waals surface area contributed by atoms with Gasteiger partial charge < -0.3 is 81.8 Å². The molecule has 4 aliphatic rings. The highest BCUT2D eigenvalue weighted by molar-refractivity contribution is 6.31. The van der Waals surface area contributed by atoms with E-state index in [2.05, 4.69) is 54.2 Å². The van der Waals surface area contributed by atoms with Gasteiger partial charge in [0.05, 0.1) is 110 Å². The topological polar surface area (TPSA) is 360 Å². The van der Waals surface area contributed by atoms with Crippen LogP contribution >= 0.6 is 0 Å². The normalized spacial score (nSPS) is 19.7. The molecule has 0 bridgehead atoms. The van der Waals surface area contributed by atoms with Crippen LogP contribution in [0.5, 0.6) is 23.0 Å². The number of nitrogens with one attached hydrogen (secondary N) is 5. The quantitative estimate of drug-likeness (QED) is 0.00676. The average Bonchev–Trinajstić information content (AvgIpc) is 1.62. The van der Waals surface area contributed by atoms with Gasteiger partial charge in [0, 0.05) is 44.9 Å². The predicted molar refractivity (Wildman–Crippen MR) is 403 cm³/mol. The van der Waals surface area contributed by atoms with Crippen molar-refractivity contribution in [2.45, 2.75) is 38.5 Å². The molecule has 0 saturated heterocycles. The van der Waals surface area contributed by atoms with Gasteiger partial charge in [0.15, 0.2) is 0 Å². The van der Waals surface area contributed by atoms with Crippen LogP contribution in [0.1, 0.15) is 54.4 Å². The summed E-state index contributed by atoms with van der Waals surface area (Å²) in [6, 6.07) is 20.1. The first-order chi connectivity index (χ1) is 50.7. The highest BCUT2D eigenvalue weighted by atomic mass is 16.5. The van der Waals surface area contributed by atoms with Crippen molar-refractivity contribution >= 4 is 92.7 Å². The number of rotatable bonds is 39. The number of hydrogen-bond acceptors (Lipinski definition) is 20. The van der Waals surface area contributed by atoms with Crippen molar-refractivity contribution in [3.63, 3.8) is 0 Å². The van der Waals surface area contributed by atoms with Gasteiger partial charge in [-0.15, -0.1) is 0 Å². The molecule has 2 unspecified atom stereocenters. The lowest BCUT2D eigenvalue weighted by atomic mass is 9.93. The number of allylic oxidation sites excluding steroid dienone is 14. The maximum Gasteiger partial charge on any atom is 0.310 e. The van der Waals surface area contributed by atoms with Gasteiger partial charge in [-0.05, 0) is 117 Å². The van der Waals surface area contributed by atoms with E-state index >= 15 is 0 Å². The molecule has 0 spiro atoms. The van der Waals surface area contributed by atoms with Crippen LogP contribution in [-0.2, 0) is 63.7 Å². The fourth-order valence-corrected chi connectivity index (χ4v) is 11.8. The molecule has 4 fully saturated rings. The second-order valence-electron chi connectivity index (χ2n) is 24.6. The van der Waals surface area contributed by atoms with E-state index in [0.717, 1.165) is 5.56 Å². The molecule has 4 amide bonds. The van der Waals surface area contributed by atoms with E-state index < -0.39 is 94.8 Å². The minimum absolute atomic E-state index is 0.00332. The number of amides is 4. The molecular formula is C81H88N8O16. The van der Waals surface area contributed by atoms with Gasteiger partial charge in [0.1, 0.15) is 49.4 Å². The van der Waals surface area contributed by atoms with Gasteiger partial charge in [-0.3, -0.25) is 38.4 Å². The molecule has 4 aliphatic carbocycles. The van der Waals surface area contributed by atoms with Gasteiger partial charge in [0.2, 0.25) is 23.6 Å². The van der Waals surface area contributed by atoms with Crippen LogP contribution < -0.4 is 57.4 Å². The lowest BCUT2D eigenvalue weighted by molar-refractivity contribution is -0.145. The lowest BCUT2D eigenvalue weighted by Gasteiger charge is -2.21. The first-order valence-corrected chi connectivity index (χ1v) is 33.8. The number of esters is 4. The van der Waals surface area contributed by atoms with Gasteiger partial charge >= 0.3 is 23.9 Å². The summed E-state index contributed by atoms with van der Waals surface area (Å²) in [5.41, 5.74) is 23.8. The molecule has 24 nitrogen and oxygen atoms in total. The van der Waals surface area contributed by atoms with E-state index in [9.17, 15) is 43.8 Å². The second-order valence-corrected chi connectivity index (χ2v) is 24.6. The second kappa shape index (κ2) is 37.4. The molecule has 0 heterocycles. The molecule has 4 saturated carbocycles. The Bertz CT molecular complexity index is 4160. The molecule has 0 aromatic heterocycles. The van der Waals surface area contributed by atoms with E-state index in [1.54, 1.807) is 99.2 Å². The van der Waals surface area contributed by atoms with Crippen molar-refractivity contribution < 1.29 is 76.3 Å². The van der Waals surface area contributed by atoms with Crippen LogP contribution in [0.4, 0.5) is 22.7 Å². The van der Waals surface area contributed by atoms with Crippen LogP contribution in [0.15, 0.2) is 214 Å². The minimum atomic E-state index is -0.779. The highest BCUT2D eigenvalue weighted by Crippen LogP contribution is 2.47. The average molecular weight is 1430 g/mol. The van der Waals surface area contributed by atoms with E-state index in [4.69, 9.17) is 55.1 Å². The van der Waals surface area contributed by atoms with Crippen molar-refractivity contribution in [1.29, 1.82) is 5.41 Å². The third-order valence-corrected chi connectivity index (χ3v) is 17.5. The van der Waals surface area contributed by atoms with E-state index in [1.165, 1.54) is 68.9 Å². The van der Waals surface area contributed by atoms with Crippen molar-refractivity contribution in [2.24, 2.45) is 64.5 Å². The summed E-state index contributed by atoms with van der Waals surface area (Å²) >= 11 is 0. The van der Waals surface area contributed by atoms with Crippen molar-refractivity contribution in [1.82, 2.24) is 0 Å². The number of benzene rings is 4. The maximum absolute atomic E-state index is 14.3. The summed E-state index contributed by atoms with van der Waals surface area (Å²) < 4.78 is 44.2. The predicted octanol–water partition coefficient (Wildman–Crippen LogP) is 11.0. The largest absolute Gasteiger partial charge is 0.496 e. The summed E-state index contributed by atoms with van der Waals surface area (Å²) in [6.07, 6.45) is 24.7. The molecule has 0 radical (unpaired) electrons. The zero-order valence-corrected chi connectivity index (χ0v) is 59.1. The number of carbonyl (C=O) groups is 8. The molecule has 4 aromatic carbocycles. The SMILES string of the molecule is C=C/C=C\C(N)=C(\C(=N)\C=C/C=C(/C=C/C=C(N)/C(=C(N)/C=C\CCc1c(OC)cccc1OC)c1c(NC(=O)[C@@H]2CC2C(=O)OCC=C)cccc1NC(=O)[C@@H]1C[C@@H]1C(=O)OCC=C)c1c(OC)cccc1OC)c1c(NC(=O)[C@@H]2CC2C(=O)OCC=C)cccc1NC(=O)[C@@H]1C[C@@H]1C(=O)OCC=C. The Morgan fingerprint density at radius 3 is 1.16 bits per heavy atom. The molecule has 105 heavy (non-hydrogen) atoms. The third kappa shape index (κ3) is 20.2. The Labute approximate surface area is 610 Å². The monoisotopic (exact) mass is 1430 g/mol. The van der Waals surface area contributed by atoms with Gasteiger partial charge in [0.25, 0.3) is 0 Å². The summed E-state index contributed by atoms with van der Waals surface area (Å²) in [5.74, 6) is -8.53. The number of nitrogens with two attached hydrogens (primary N) is 3. The van der Waals surface area contributed by atoms with Gasteiger partial charge in [-0.1, -0.05) is 124 Å². The van der Waals surface area contributed by atoms with E-state index in [-0.39, 0.29) is 120 Å². The van der Waals surface area contributed by atoms with E-state index in [1.807, 2.05) is 24.3 Å². The molecule has 8 atom stereocenters. The molecule has 548 valence electrons. The fraction of sp³-hybridized carbons (Fsp3) is 0.272. The first-order valence-electron chi connectivity index (χ1n) is 33.8. The number of ether oxygens (including phenoxy) is 8. The summed E-state index contributed by atoms with van der Waals surface area (Å²) in [4.78, 5) is 109. The molecule has 8 rings (SSSR count). The van der Waals surface area contributed by atoms with Crippen LogP contribution in [0.3, 0.4) is 0 Å². The van der Waals surface area contributed by atoms with Crippen molar-refractivity contribution in [2.75, 3.05) is 76.1 Å². The summed E-state index contributed by atoms with van der Waals surface area (Å²) in [6.45, 7) is 18.0. The molecule has 11 N–H and O–H groups in total. The molecule has 24 heteroatoms. The Kier molecular flexibility index (Phi) is 27.9. The van der Waals surface area contributed by atoms with Gasteiger partial charge in [-0.2, -0.15) is 0 Å². The van der Waals surface area contributed by atoms with Crippen LogP contribution in [0.2, 0.25) is 0 Å². The zero-order valence-electron chi connectivity index (χ0n) is 59.1. The number of carbonyl (C=O) groups excluding carboxylic acids is 8. The standard InChI is InChI=1S/C81H88N8O16/c1-10-15-27-57(82)70(72-61(86-74(90)49-43-53(49)78(94)102-39-11-2)31-20-32-62(72)87-75(91)50-44-54(50)79(95)103-40-12-3)59(84)29-18-24-47(69-67(100-8)37-23-38-68(69)101-9)25-19-30-60(85)71(58(83)28-17-16-26-48-65(98-6)35-22-36-66(48)99-7)73-63(88-76(92)51-45-55(51)80(96)104-41-13-4)33-21-34-64(73)89-77(93)52-46-56(52)81(97)105-42-14-5/h10-15,17-25,27-38,49-56,84H,1-5,16,26,39-46,82-83,85H2,6-9H3,(H,86,90)(H,87,91)(H,88,92)(H,89,93)/b25-19+,27-15-,28-17-,29-18-,47-24-,60-30-,70-57+,71-58+,84-59?/t49-,50-,51-,52-,53+,54?,55+,56?/m1/s1. The smallest absolute Gasteiger partial charge is 0.310 e. The van der Waals surface area contributed by atoms with Crippen LogP contribution in [0.25, 0.3) is 16.7 Å². The number of anilines is 4. The lowest BCUT2D eigenvalue weighted by Crippen LogP contribution is -2.22. The van der Waals surface area contributed by atoms with Crippen LogP contribution in [-0.4, -0.2) is 108 Å². The van der Waals surface area contributed by atoms with E-state index in [0.29, 0.717) is 47.0 Å². The Hall–Kier alpha value is -12.5. The molecule has 4 aromatic rings. The Morgan fingerprint density at radius 2 is 0.790 bits per heavy atom. The zero-order chi connectivity index (χ0) is 75.9. The first kappa shape index (κ1) is 78.3.